The molecule has 1 aromatic carbocycles. The first-order chi connectivity index (χ1) is 9.38. The molecule has 0 amide bonds. The van der Waals surface area contributed by atoms with Crippen molar-refractivity contribution in [3.63, 3.8) is 0 Å². The SMILES string of the molecule is CC1(C)C2CCC1(C)C(Nc1cc(C#N)ccc1Cl)C2. The molecule has 0 radical (unpaired) electrons. The van der Waals surface area contributed by atoms with Gasteiger partial charge in [-0.3, -0.25) is 0 Å². The molecular formula is C17H21ClN2. The molecule has 0 spiro atoms. The zero-order valence-corrected chi connectivity index (χ0v) is 13.1. The van der Waals surface area contributed by atoms with Crippen LogP contribution in [0.1, 0.15) is 45.6 Å². The zero-order chi connectivity index (χ0) is 14.5. The summed E-state index contributed by atoms with van der Waals surface area (Å²) in [5.41, 5.74) is 2.25. The molecule has 2 saturated carbocycles. The molecule has 2 aliphatic carbocycles. The lowest BCUT2D eigenvalue weighted by molar-refractivity contribution is 0.142. The monoisotopic (exact) mass is 288 g/mol. The Morgan fingerprint density at radius 2 is 2.10 bits per heavy atom. The van der Waals surface area contributed by atoms with Gasteiger partial charge in [0.25, 0.3) is 0 Å². The van der Waals surface area contributed by atoms with Crippen molar-refractivity contribution in [2.45, 2.75) is 46.1 Å². The van der Waals surface area contributed by atoms with Gasteiger partial charge >= 0.3 is 0 Å². The third kappa shape index (κ3) is 1.76. The minimum Gasteiger partial charge on any atom is -0.380 e. The van der Waals surface area contributed by atoms with E-state index in [0.717, 1.165) is 11.6 Å². The Morgan fingerprint density at radius 3 is 2.65 bits per heavy atom. The van der Waals surface area contributed by atoms with Crippen LogP contribution in [0.2, 0.25) is 5.02 Å². The van der Waals surface area contributed by atoms with Crippen molar-refractivity contribution in [2.24, 2.45) is 16.7 Å². The van der Waals surface area contributed by atoms with Crippen molar-refractivity contribution in [3.05, 3.63) is 28.8 Å². The molecule has 3 rings (SSSR count). The Morgan fingerprint density at radius 1 is 1.35 bits per heavy atom. The Labute approximate surface area is 126 Å². The lowest BCUT2D eigenvalue weighted by Gasteiger charge is -2.40. The summed E-state index contributed by atoms with van der Waals surface area (Å²) in [6, 6.07) is 8.07. The second-order valence-corrected chi connectivity index (χ2v) is 7.52. The number of nitrogens with zero attached hydrogens (tertiary/aromatic N) is 1. The van der Waals surface area contributed by atoms with Crippen LogP contribution < -0.4 is 5.32 Å². The first-order valence-corrected chi connectivity index (χ1v) is 7.72. The molecule has 3 heteroatoms. The van der Waals surface area contributed by atoms with Crippen LogP contribution in [0.15, 0.2) is 18.2 Å². The van der Waals surface area contributed by atoms with Crippen molar-refractivity contribution in [2.75, 3.05) is 5.32 Å². The number of nitriles is 1. The molecule has 2 fully saturated rings. The second-order valence-electron chi connectivity index (χ2n) is 7.11. The van der Waals surface area contributed by atoms with Gasteiger partial charge in [-0.2, -0.15) is 5.26 Å². The molecule has 3 atom stereocenters. The van der Waals surface area contributed by atoms with E-state index in [1.54, 1.807) is 6.07 Å². The Bertz CT molecular complexity index is 587. The lowest BCUT2D eigenvalue weighted by atomic mass is 9.69. The molecule has 2 nitrogen and oxygen atoms in total. The fourth-order valence-electron chi connectivity index (χ4n) is 4.32. The maximum Gasteiger partial charge on any atom is 0.0992 e. The Kier molecular flexibility index (Phi) is 3.03. The summed E-state index contributed by atoms with van der Waals surface area (Å²) in [6.45, 7) is 7.21. The highest BCUT2D eigenvalue weighted by Crippen LogP contribution is 2.65. The highest BCUT2D eigenvalue weighted by Gasteiger charge is 2.61. The van der Waals surface area contributed by atoms with Crippen molar-refractivity contribution in [3.8, 4) is 6.07 Å². The first-order valence-electron chi connectivity index (χ1n) is 7.34. The highest BCUT2D eigenvalue weighted by atomic mass is 35.5. The standard InChI is InChI=1S/C17H21ClN2/c1-16(2)12-6-7-17(16,3)15(9-12)20-14-8-11(10-19)4-5-13(14)18/h4-5,8,12,15,20H,6-7,9H2,1-3H3. The van der Waals surface area contributed by atoms with Gasteiger partial charge in [0, 0.05) is 6.04 Å². The van der Waals surface area contributed by atoms with Gasteiger partial charge < -0.3 is 5.32 Å². The Hall–Kier alpha value is -1.20. The summed E-state index contributed by atoms with van der Waals surface area (Å²) < 4.78 is 0. The predicted molar refractivity (Wildman–Crippen MR) is 82.8 cm³/mol. The number of halogens is 1. The van der Waals surface area contributed by atoms with Gasteiger partial charge in [0.2, 0.25) is 0 Å². The third-order valence-corrected chi connectivity index (χ3v) is 6.55. The summed E-state index contributed by atoms with van der Waals surface area (Å²) >= 11 is 6.28. The summed E-state index contributed by atoms with van der Waals surface area (Å²) in [5.74, 6) is 0.794. The minimum absolute atomic E-state index is 0.309. The van der Waals surface area contributed by atoms with E-state index in [1.807, 2.05) is 12.1 Å². The number of hydrogen-bond donors (Lipinski definition) is 1. The molecule has 2 bridgehead atoms. The maximum atomic E-state index is 9.03. The normalized spacial score (nSPS) is 34.0. The van der Waals surface area contributed by atoms with Crippen LogP contribution in [-0.4, -0.2) is 6.04 Å². The van der Waals surface area contributed by atoms with Gasteiger partial charge in [-0.15, -0.1) is 0 Å². The molecule has 106 valence electrons. The van der Waals surface area contributed by atoms with Crippen LogP contribution in [0.3, 0.4) is 0 Å². The fourth-order valence-corrected chi connectivity index (χ4v) is 4.49. The van der Waals surface area contributed by atoms with Crippen molar-refractivity contribution >= 4 is 17.3 Å². The van der Waals surface area contributed by atoms with Gasteiger partial charge in [0.1, 0.15) is 0 Å². The van der Waals surface area contributed by atoms with E-state index in [9.17, 15) is 0 Å². The summed E-state index contributed by atoms with van der Waals surface area (Å²) in [5, 5.41) is 13.4. The summed E-state index contributed by atoms with van der Waals surface area (Å²) in [7, 11) is 0. The number of fused-ring (bicyclic) bond motifs is 2. The van der Waals surface area contributed by atoms with E-state index < -0.39 is 0 Å². The minimum atomic E-state index is 0.309. The highest BCUT2D eigenvalue weighted by molar-refractivity contribution is 6.33. The van der Waals surface area contributed by atoms with Gasteiger partial charge in [-0.1, -0.05) is 32.4 Å². The zero-order valence-electron chi connectivity index (χ0n) is 12.3. The largest absolute Gasteiger partial charge is 0.380 e. The third-order valence-electron chi connectivity index (χ3n) is 6.22. The van der Waals surface area contributed by atoms with Crippen LogP contribution in [-0.2, 0) is 0 Å². The van der Waals surface area contributed by atoms with Crippen molar-refractivity contribution in [1.82, 2.24) is 0 Å². The fraction of sp³-hybridized carbons (Fsp3) is 0.588. The average Bonchev–Trinajstić information content (AvgIpc) is 2.74. The van der Waals surface area contributed by atoms with Crippen LogP contribution in [0, 0.1) is 28.1 Å². The van der Waals surface area contributed by atoms with E-state index in [2.05, 4.69) is 32.2 Å². The topological polar surface area (TPSA) is 35.8 Å². The van der Waals surface area contributed by atoms with Gasteiger partial charge in [-0.05, 0) is 54.2 Å². The van der Waals surface area contributed by atoms with Crippen molar-refractivity contribution < 1.29 is 0 Å². The second kappa shape index (κ2) is 4.40. The summed E-state index contributed by atoms with van der Waals surface area (Å²) in [4.78, 5) is 0. The molecule has 0 heterocycles. The molecule has 0 saturated heterocycles. The number of anilines is 1. The molecule has 3 unspecified atom stereocenters. The molecule has 20 heavy (non-hydrogen) atoms. The number of nitrogens with one attached hydrogen (secondary N) is 1. The van der Waals surface area contributed by atoms with Gasteiger partial charge in [-0.25, -0.2) is 0 Å². The van der Waals surface area contributed by atoms with Gasteiger partial charge in [0.05, 0.1) is 22.3 Å². The van der Waals surface area contributed by atoms with Crippen LogP contribution in [0.5, 0.6) is 0 Å². The van der Waals surface area contributed by atoms with Crippen molar-refractivity contribution in [1.29, 1.82) is 5.26 Å². The van der Waals surface area contributed by atoms with E-state index in [-0.39, 0.29) is 0 Å². The lowest BCUT2D eigenvalue weighted by Crippen LogP contribution is -2.40. The van der Waals surface area contributed by atoms with E-state index >= 15 is 0 Å². The molecule has 0 aliphatic heterocycles. The van der Waals surface area contributed by atoms with E-state index in [1.165, 1.54) is 19.3 Å². The predicted octanol–water partition coefficient (Wildman–Crippen LogP) is 4.84. The average molecular weight is 289 g/mol. The smallest absolute Gasteiger partial charge is 0.0992 e. The van der Waals surface area contributed by atoms with Crippen LogP contribution >= 0.6 is 11.6 Å². The molecule has 1 aromatic rings. The first kappa shape index (κ1) is 13.8. The maximum absolute atomic E-state index is 9.03. The van der Waals surface area contributed by atoms with Gasteiger partial charge in [0.15, 0.2) is 0 Å². The number of benzene rings is 1. The van der Waals surface area contributed by atoms with E-state index in [4.69, 9.17) is 16.9 Å². The van der Waals surface area contributed by atoms with Crippen LogP contribution in [0.25, 0.3) is 0 Å². The molecule has 2 aliphatic rings. The number of rotatable bonds is 2. The number of hydrogen-bond acceptors (Lipinski definition) is 2. The quantitative estimate of drug-likeness (QED) is 0.845. The van der Waals surface area contributed by atoms with Crippen LogP contribution in [0.4, 0.5) is 5.69 Å². The Balaban J connectivity index is 1.89. The summed E-state index contributed by atoms with van der Waals surface area (Å²) in [6.07, 6.45) is 3.82. The van der Waals surface area contributed by atoms with E-state index in [0.29, 0.717) is 27.5 Å². The molecular weight excluding hydrogens is 268 g/mol. The molecule has 0 aromatic heterocycles. The molecule has 1 N–H and O–H groups in total.